The molecule has 0 unspecified atom stereocenters. The first kappa shape index (κ1) is 16.8. The Kier molecular flexibility index (Phi) is 4.83. The lowest BCUT2D eigenvalue weighted by Gasteiger charge is -2.12. The molecule has 1 amide bonds. The zero-order valence-electron chi connectivity index (χ0n) is 13.0. The van der Waals surface area contributed by atoms with Crippen molar-refractivity contribution in [2.75, 3.05) is 5.32 Å². The van der Waals surface area contributed by atoms with Gasteiger partial charge in [-0.05, 0) is 19.1 Å². The van der Waals surface area contributed by atoms with Gasteiger partial charge in [-0.1, -0.05) is 50.0 Å². The zero-order chi connectivity index (χ0) is 16.5. The molecule has 118 valence electrons. The molecule has 1 heterocycles. The number of carbonyl (C=O) groups is 1. The lowest BCUT2D eigenvalue weighted by Crippen LogP contribution is -2.15. The molecule has 0 aliphatic carbocycles. The Morgan fingerprint density at radius 3 is 2.59 bits per heavy atom. The van der Waals surface area contributed by atoms with Crippen LogP contribution in [0.2, 0.25) is 10.0 Å². The fraction of sp³-hybridized carbons (Fsp3) is 0.375. The number of halogens is 2. The number of anilines is 1. The van der Waals surface area contributed by atoms with Crippen molar-refractivity contribution in [1.82, 2.24) is 4.98 Å². The van der Waals surface area contributed by atoms with Crippen molar-refractivity contribution in [3.8, 4) is 0 Å². The molecular formula is C16H18Cl2N2O2. The van der Waals surface area contributed by atoms with E-state index in [1.54, 1.807) is 18.2 Å². The van der Waals surface area contributed by atoms with Gasteiger partial charge in [-0.3, -0.25) is 4.79 Å². The van der Waals surface area contributed by atoms with Crippen molar-refractivity contribution in [2.24, 2.45) is 0 Å². The zero-order valence-corrected chi connectivity index (χ0v) is 14.5. The van der Waals surface area contributed by atoms with Gasteiger partial charge < -0.3 is 9.73 Å². The van der Waals surface area contributed by atoms with Crippen molar-refractivity contribution in [3.05, 3.63) is 45.6 Å². The van der Waals surface area contributed by atoms with Crippen LogP contribution >= 0.6 is 23.2 Å². The second-order valence-corrected chi connectivity index (χ2v) is 6.89. The molecule has 4 nitrogen and oxygen atoms in total. The molecule has 0 aliphatic rings. The van der Waals surface area contributed by atoms with Gasteiger partial charge in [0.25, 0.3) is 0 Å². The molecule has 0 saturated heterocycles. The minimum absolute atomic E-state index is 0.0950. The maximum absolute atomic E-state index is 12.2. The summed E-state index contributed by atoms with van der Waals surface area (Å²) in [4.78, 5) is 16.5. The number of aromatic nitrogens is 1. The van der Waals surface area contributed by atoms with Gasteiger partial charge in [0.2, 0.25) is 5.91 Å². The van der Waals surface area contributed by atoms with Crippen molar-refractivity contribution < 1.29 is 9.21 Å². The van der Waals surface area contributed by atoms with Gasteiger partial charge >= 0.3 is 0 Å². The normalized spacial score (nSPS) is 11.5. The molecule has 0 bridgehead atoms. The summed E-state index contributed by atoms with van der Waals surface area (Å²) in [7, 11) is 0. The highest BCUT2D eigenvalue weighted by Gasteiger charge is 2.23. The van der Waals surface area contributed by atoms with Crippen LogP contribution < -0.4 is 5.32 Å². The fourth-order valence-corrected chi connectivity index (χ4v) is 2.20. The SMILES string of the molecule is Cc1nc(C(C)(C)C)oc1CC(=O)Nc1cccc(Cl)c1Cl. The molecule has 1 aromatic heterocycles. The number of carbonyl (C=O) groups excluding carboxylic acids is 1. The van der Waals surface area contributed by atoms with Gasteiger partial charge in [-0.15, -0.1) is 0 Å². The van der Waals surface area contributed by atoms with Gasteiger partial charge in [-0.2, -0.15) is 0 Å². The number of nitrogens with one attached hydrogen (secondary N) is 1. The number of hydrogen-bond acceptors (Lipinski definition) is 3. The van der Waals surface area contributed by atoms with E-state index < -0.39 is 0 Å². The van der Waals surface area contributed by atoms with Crippen molar-refractivity contribution >= 4 is 34.8 Å². The number of amides is 1. The fourth-order valence-electron chi connectivity index (χ4n) is 1.85. The summed E-state index contributed by atoms with van der Waals surface area (Å²) in [6, 6.07) is 5.08. The summed E-state index contributed by atoms with van der Waals surface area (Å²) in [6.07, 6.45) is 0.0950. The standard InChI is InChI=1S/C16H18Cl2N2O2/c1-9-12(22-15(19-9)16(2,3)4)8-13(21)20-11-7-5-6-10(17)14(11)18/h5-7H,8H2,1-4H3,(H,20,21). The predicted octanol–water partition coefficient (Wildman–Crippen LogP) is 4.77. The summed E-state index contributed by atoms with van der Waals surface area (Å²) in [6.45, 7) is 7.85. The van der Waals surface area contributed by atoms with Crippen LogP contribution in [0.5, 0.6) is 0 Å². The molecule has 6 heteroatoms. The third-order valence-corrected chi connectivity index (χ3v) is 3.90. The Morgan fingerprint density at radius 2 is 2.00 bits per heavy atom. The summed E-state index contributed by atoms with van der Waals surface area (Å²) in [5, 5.41) is 3.45. The molecule has 22 heavy (non-hydrogen) atoms. The Balaban J connectivity index is 2.13. The third-order valence-electron chi connectivity index (χ3n) is 3.08. The van der Waals surface area contributed by atoms with Gasteiger partial charge in [0.1, 0.15) is 5.76 Å². The van der Waals surface area contributed by atoms with Crippen LogP contribution in [0.15, 0.2) is 22.6 Å². The van der Waals surface area contributed by atoms with Crippen LogP contribution in [0.3, 0.4) is 0 Å². The van der Waals surface area contributed by atoms with Crippen molar-refractivity contribution in [1.29, 1.82) is 0 Å². The second-order valence-electron chi connectivity index (χ2n) is 6.10. The highest BCUT2D eigenvalue weighted by molar-refractivity contribution is 6.43. The van der Waals surface area contributed by atoms with E-state index in [4.69, 9.17) is 27.6 Å². The summed E-state index contributed by atoms with van der Waals surface area (Å²) >= 11 is 12.0. The third kappa shape index (κ3) is 3.81. The van der Waals surface area contributed by atoms with Crippen LogP contribution in [0.1, 0.15) is 38.1 Å². The van der Waals surface area contributed by atoms with E-state index in [1.807, 2.05) is 27.7 Å². The maximum atomic E-state index is 12.2. The van der Waals surface area contributed by atoms with Crippen LogP contribution in [0.4, 0.5) is 5.69 Å². The smallest absolute Gasteiger partial charge is 0.232 e. The van der Waals surface area contributed by atoms with Crippen LogP contribution in [0, 0.1) is 6.92 Å². The van der Waals surface area contributed by atoms with E-state index in [0.29, 0.717) is 27.4 Å². The molecule has 0 fully saturated rings. The van der Waals surface area contributed by atoms with E-state index in [1.165, 1.54) is 0 Å². The quantitative estimate of drug-likeness (QED) is 0.875. The van der Waals surface area contributed by atoms with Gasteiger partial charge in [0.05, 0.1) is 27.8 Å². The minimum atomic E-state index is -0.233. The molecule has 0 saturated carbocycles. The average molecular weight is 341 g/mol. The molecule has 1 N–H and O–H groups in total. The largest absolute Gasteiger partial charge is 0.444 e. The number of hydrogen-bond donors (Lipinski definition) is 1. The number of nitrogens with zero attached hydrogens (tertiary/aromatic N) is 1. The van der Waals surface area contributed by atoms with E-state index >= 15 is 0 Å². The Hall–Kier alpha value is -1.52. The maximum Gasteiger partial charge on any atom is 0.232 e. The van der Waals surface area contributed by atoms with Gasteiger partial charge in [0, 0.05) is 5.41 Å². The van der Waals surface area contributed by atoms with Crippen LogP contribution in [0.25, 0.3) is 0 Å². The Morgan fingerprint density at radius 1 is 1.32 bits per heavy atom. The topological polar surface area (TPSA) is 55.1 Å². The molecule has 0 aliphatic heterocycles. The first-order valence-corrected chi connectivity index (χ1v) is 7.64. The molecular weight excluding hydrogens is 323 g/mol. The number of rotatable bonds is 3. The molecule has 0 spiro atoms. The Bertz CT molecular complexity index is 703. The summed E-state index contributed by atoms with van der Waals surface area (Å²) in [5.41, 5.74) is 1.00. The van der Waals surface area contributed by atoms with E-state index in [2.05, 4.69) is 10.3 Å². The van der Waals surface area contributed by atoms with E-state index in [0.717, 1.165) is 5.69 Å². The molecule has 2 rings (SSSR count). The summed E-state index contributed by atoms with van der Waals surface area (Å²) in [5.74, 6) is 0.943. The molecule has 0 radical (unpaired) electrons. The van der Waals surface area contributed by atoms with Crippen LogP contribution in [-0.2, 0) is 16.6 Å². The number of benzene rings is 1. The second kappa shape index (κ2) is 6.31. The minimum Gasteiger partial charge on any atom is -0.444 e. The first-order valence-electron chi connectivity index (χ1n) is 6.89. The predicted molar refractivity (Wildman–Crippen MR) is 88.7 cm³/mol. The molecule has 1 aromatic carbocycles. The van der Waals surface area contributed by atoms with E-state index in [-0.39, 0.29) is 17.7 Å². The lowest BCUT2D eigenvalue weighted by atomic mass is 9.97. The highest BCUT2D eigenvalue weighted by Crippen LogP contribution is 2.30. The monoisotopic (exact) mass is 340 g/mol. The highest BCUT2D eigenvalue weighted by atomic mass is 35.5. The van der Waals surface area contributed by atoms with Crippen molar-refractivity contribution in [2.45, 2.75) is 39.5 Å². The average Bonchev–Trinajstić information content (AvgIpc) is 2.76. The molecule has 2 aromatic rings. The lowest BCUT2D eigenvalue weighted by molar-refractivity contribution is -0.115. The molecule has 0 atom stereocenters. The number of oxazole rings is 1. The van der Waals surface area contributed by atoms with Crippen LogP contribution in [-0.4, -0.2) is 10.9 Å². The van der Waals surface area contributed by atoms with E-state index in [9.17, 15) is 4.79 Å². The summed E-state index contributed by atoms with van der Waals surface area (Å²) < 4.78 is 5.71. The van der Waals surface area contributed by atoms with Gasteiger partial charge in [-0.25, -0.2) is 4.98 Å². The van der Waals surface area contributed by atoms with Crippen molar-refractivity contribution in [3.63, 3.8) is 0 Å². The Labute approximate surface area is 139 Å². The van der Waals surface area contributed by atoms with Gasteiger partial charge in [0.15, 0.2) is 5.89 Å². The number of aryl methyl sites for hydroxylation is 1. The first-order chi connectivity index (χ1) is 10.2.